The minimum atomic E-state index is -4.51. The highest BCUT2D eigenvalue weighted by Gasteiger charge is 2.62. The predicted octanol–water partition coefficient (Wildman–Crippen LogP) is 5.14. The van der Waals surface area contributed by atoms with E-state index in [0.29, 0.717) is 35.9 Å². The third-order valence-electron chi connectivity index (χ3n) is 9.03. The number of hydrogen-bond donors (Lipinski definition) is 1. The standard InChI is InChI=1S/C21H31F3O2/c1-12(25)17-5-6-18-16-4-3-13-11-20(26,21(22,23)24)10-8-14(13)15(16)7-9-19(17,18)2/h13-18,26H,3-11H2,1-2H3/t13-,14+,15?,16?,17?,18?,19?,20-/m1/s1. The largest absolute Gasteiger partial charge is 0.417 e. The monoisotopic (exact) mass is 372 g/mol. The van der Waals surface area contributed by atoms with E-state index in [1.54, 1.807) is 6.92 Å². The molecule has 2 nitrogen and oxygen atoms in total. The molecule has 4 rings (SSSR count). The molecule has 0 aromatic rings. The quantitative estimate of drug-likeness (QED) is 0.692. The molecule has 0 spiro atoms. The van der Waals surface area contributed by atoms with Gasteiger partial charge in [-0.05, 0) is 99.7 Å². The van der Waals surface area contributed by atoms with Crippen molar-refractivity contribution in [3.63, 3.8) is 0 Å². The van der Waals surface area contributed by atoms with E-state index in [1.807, 2.05) is 0 Å². The van der Waals surface area contributed by atoms with Gasteiger partial charge in [0.05, 0.1) is 0 Å². The number of carbonyl (C=O) groups excluding carboxylic acids is 1. The molecule has 0 bridgehead atoms. The Bertz CT molecular complexity index is 588. The molecule has 0 aromatic carbocycles. The van der Waals surface area contributed by atoms with E-state index in [0.717, 1.165) is 38.5 Å². The van der Waals surface area contributed by atoms with Crippen LogP contribution < -0.4 is 0 Å². The topological polar surface area (TPSA) is 37.3 Å². The Labute approximate surface area is 153 Å². The molecule has 0 heterocycles. The third kappa shape index (κ3) is 2.59. The molecule has 4 aliphatic carbocycles. The Kier molecular flexibility index (Phi) is 4.30. The highest BCUT2D eigenvalue weighted by Crippen LogP contribution is 2.65. The summed E-state index contributed by atoms with van der Waals surface area (Å²) in [6.07, 6.45) is 1.70. The first-order valence-electron chi connectivity index (χ1n) is 10.4. The van der Waals surface area contributed by atoms with E-state index >= 15 is 0 Å². The summed E-state index contributed by atoms with van der Waals surface area (Å²) in [6.45, 7) is 4.02. The molecule has 148 valence electrons. The highest BCUT2D eigenvalue weighted by molar-refractivity contribution is 5.79. The molecule has 4 saturated carbocycles. The molecule has 5 unspecified atom stereocenters. The molecule has 0 amide bonds. The first-order chi connectivity index (χ1) is 12.1. The van der Waals surface area contributed by atoms with Crippen LogP contribution in [0.15, 0.2) is 0 Å². The second kappa shape index (κ2) is 5.96. The summed E-state index contributed by atoms with van der Waals surface area (Å²) in [5, 5.41) is 10.2. The molecular weight excluding hydrogens is 341 g/mol. The lowest BCUT2D eigenvalue weighted by Gasteiger charge is -2.57. The Morgan fingerprint density at radius 1 is 0.962 bits per heavy atom. The smallest absolute Gasteiger partial charge is 0.380 e. The van der Waals surface area contributed by atoms with Crippen LogP contribution in [-0.2, 0) is 4.79 Å². The van der Waals surface area contributed by atoms with Crippen LogP contribution in [0.3, 0.4) is 0 Å². The SMILES string of the molecule is CC(=O)C1CCC2C3CC[C@@H]4C[C@@](O)(C(F)(F)F)CC[C@@H]4C3CCC12C. The van der Waals surface area contributed by atoms with Crippen molar-refractivity contribution >= 4 is 5.78 Å². The summed E-state index contributed by atoms with van der Waals surface area (Å²) in [5.41, 5.74) is -2.38. The van der Waals surface area contributed by atoms with E-state index in [1.165, 1.54) is 0 Å². The number of alkyl halides is 3. The Morgan fingerprint density at radius 2 is 1.65 bits per heavy atom. The maximum absolute atomic E-state index is 13.3. The fourth-order valence-electron chi connectivity index (χ4n) is 7.80. The van der Waals surface area contributed by atoms with Gasteiger partial charge in [0.2, 0.25) is 0 Å². The Morgan fingerprint density at radius 3 is 2.31 bits per heavy atom. The summed E-state index contributed by atoms with van der Waals surface area (Å²) in [4.78, 5) is 12.1. The minimum absolute atomic E-state index is 0.00554. The van der Waals surface area contributed by atoms with Crippen LogP contribution in [0.2, 0.25) is 0 Å². The van der Waals surface area contributed by atoms with Crippen LogP contribution in [0.25, 0.3) is 0 Å². The lowest BCUT2D eigenvalue weighted by atomic mass is 9.49. The van der Waals surface area contributed by atoms with Crippen LogP contribution in [0.5, 0.6) is 0 Å². The van der Waals surface area contributed by atoms with E-state index in [-0.39, 0.29) is 30.1 Å². The van der Waals surface area contributed by atoms with Crippen molar-refractivity contribution < 1.29 is 23.1 Å². The fourth-order valence-corrected chi connectivity index (χ4v) is 7.80. The number of hydrogen-bond acceptors (Lipinski definition) is 2. The molecule has 0 radical (unpaired) electrons. The number of ketones is 1. The van der Waals surface area contributed by atoms with Crippen LogP contribution in [0.4, 0.5) is 13.2 Å². The van der Waals surface area contributed by atoms with Crippen molar-refractivity contribution in [1.82, 2.24) is 0 Å². The van der Waals surface area contributed by atoms with Gasteiger partial charge in [0, 0.05) is 5.92 Å². The van der Waals surface area contributed by atoms with Gasteiger partial charge < -0.3 is 5.11 Å². The average molecular weight is 372 g/mol. The molecule has 8 atom stereocenters. The molecule has 0 aromatic heterocycles. The number of Topliss-reactive ketones (excluding diaryl/α,β-unsaturated/α-hetero) is 1. The highest BCUT2D eigenvalue weighted by atomic mass is 19.4. The fraction of sp³-hybridized carbons (Fsp3) is 0.952. The molecule has 1 N–H and O–H groups in total. The van der Waals surface area contributed by atoms with Crippen LogP contribution in [-0.4, -0.2) is 22.7 Å². The second-order valence-electron chi connectivity index (χ2n) is 9.99. The number of halogens is 3. The normalized spacial score (nSPS) is 51.3. The number of rotatable bonds is 1. The van der Waals surface area contributed by atoms with Crippen molar-refractivity contribution in [3.05, 3.63) is 0 Å². The number of fused-ring (bicyclic) bond motifs is 5. The van der Waals surface area contributed by atoms with E-state index in [9.17, 15) is 23.1 Å². The molecule has 0 aliphatic heterocycles. The van der Waals surface area contributed by atoms with Gasteiger partial charge in [-0.3, -0.25) is 4.79 Å². The Balaban J connectivity index is 1.53. The van der Waals surface area contributed by atoms with E-state index in [4.69, 9.17) is 0 Å². The lowest BCUT2D eigenvalue weighted by molar-refractivity contribution is -0.282. The van der Waals surface area contributed by atoms with Crippen molar-refractivity contribution in [2.75, 3.05) is 0 Å². The average Bonchev–Trinajstić information content (AvgIpc) is 2.90. The van der Waals surface area contributed by atoms with Gasteiger partial charge >= 0.3 is 6.18 Å². The van der Waals surface area contributed by atoms with Crippen molar-refractivity contribution in [3.8, 4) is 0 Å². The van der Waals surface area contributed by atoms with Crippen molar-refractivity contribution in [2.45, 2.75) is 83.4 Å². The van der Waals surface area contributed by atoms with Gasteiger partial charge in [-0.2, -0.15) is 13.2 Å². The van der Waals surface area contributed by atoms with Gasteiger partial charge in [-0.25, -0.2) is 0 Å². The van der Waals surface area contributed by atoms with Gasteiger partial charge in [0.15, 0.2) is 5.60 Å². The number of carbonyl (C=O) groups is 1. The van der Waals surface area contributed by atoms with Crippen LogP contribution >= 0.6 is 0 Å². The van der Waals surface area contributed by atoms with Crippen LogP contribution in [0, 0.1) is 40.9 Å². The first-order valence-corrected chi connectivity index (χ1v) is 10.4. The van der Waals surface area contributed by atoms with E-state index < -0.39 is 11.8 Å². The summed E-state index contributed by atoms with van der Waals surface area (Å²) in [7, 11) is 0. The third-order valence-corrected chi connectivity index (χ3v) is 9.03. The molecule has 4 aliphatic rings. The maximum atomic E-state index is 13.3. The molecule has 4 fully saturated rings. The minimum Gasteiger partial charge on any atom is -0.380 e. The molecule has 26 heavy (non-hydrogen) atoms. The summed E-state index contributed by atoms with van der Waals surface area (Å²) < 4.78 is 39.8. The summed E-state index contributed by atoms with van der Waals surface area (Å²) in [5.74, 6) is 2.44. The zero-order valence-corrected chi connectivity index (χ0v) is 15.8. The maximum Gasteiger partial charge on any atom is 0.417 e. The molecular formula is C21H31F3O2. The van der Waals surface area contributed by atoms with Crippen molar-refractivity contribution in [1.29, 1.82) is 0 Å². The first kappa shape index (κ1) is 18.8. The van der Waals surface area contributed by atoms with E-state index in [2.05, 4.69) is 6.92 Å². The van der Waals surface area contributed by atoms with Crippen LogP contribution in [0.1, 0.15) is 71.6 Å². The number of aliphatic hydroxyl groups is 1. The van der Waals surface area contributed by atoms with Gasteiger partial charge in [0.1, 0.15) is 5.78 Å². The van der Waals surface area contributed by atoms with Gasteiger partial charge in [-0.1, -0.05) is 6.92 Å². The second-order valence-corrected chi connectivity index (χ2v) is 9.99. The summed E-state index contributed by atoms with van der Waals surface area (Å²) >= 11 is 0. The predicted molar refractivity (Wildman–Crippen MR) is 92.3 cm³/mol. The summed E-state index contributed by atoms with van der Waals surface area (Å²) in [6, 6.07) is 0. The van der Waals surface area contributed by atoms with Gasteiger partial charge in [-0.15, -0.1) is 0 Å². The Hall–Kier alpha value is -0.580. The molecule has 0 saturated heterocycles. The van der Waals surface area contributed by atoms with Gasteiger partial charge in [0.25, 0.3) is 0 Å². The molecule has 5 heteroatoms. The van der Waals surface area contributed by atoms with Crippen molar-refractivity contribution in [2.24, 2.45) is 40.9 Å². The zero-order valence-electron chi connectivity index (χ0n) is 15.8. The lowest BCUT2D eigenvalue weighted by Crippen LogP contribution is -2.55. The zero-order chi connectivity index (χ0) is 18.9.